The van der Waals surface area contributed by atoms with Crippen LogP contribution in [0, 0.1) is 13.7 Å². The van der Waals surface area contributed by atoms with Crippen LogP contribution in [0.4, 0.5) is 11.4 Å². The first-order valence-electron chi connectivity index (χ1n) is 10.1. The lowest BCUT2D eigenvalue weighted by atomic mass is 10.2. The van der Waals surface area contributed by atoms with E-state index in [0.29, 0.717) is 33.9 Å². The summed E-state index contributed by atoms with van der Waals surface area (Å²) in [7, 11) is 1.56. The number of carbonyl (C=O) groups excluding carboxylic acids is 1. The van der Waals surface area contributed by atoms with Crippen molar-refractivity contribution in [2.45, 2.75) is 6.61 Å². The summed E-state index contributed by atoms with van der Waals surface area (Å²) < 4.78 is 12.4. The molecule has 3 aromatic rings. The van der Waals surface area contributed by atoms with Gasteiger partial charge in [-0.15, -0.1) is 0 Å². The third kappa shape index (κ3) is 6.13. The number of nitro benzene ring substituents is 1. The minimum absolute atomic E-state index is 0.115. The Labute approximate surface area is 223 Å². The van der Waals surface area contributed by atoms with Crippen LogP contribution in [0.25, 0.3) is 6.08 Å². The standard InChI is InChI=1S/C24H17ClIN3O5S/c1-33-20-10-15(9-18(26)22(20)34-13-14-5-3-2-4-6-14)11-21-23(30)28-24(35-21)27-19-8-7-16(29(31)32)12-17(19)25/h2-12H,13H2,1H3,(H,27,28,30)/b21-11+. The summed E-state index contributed by atoms with van der Waals surface area (Å²) >= 11 is 9.42. The molecule has 4 rings (SSSR count). The zero-order chi connectivity index (χ0) is 24.9. The molecule has 35 heavy (non-hydrogen) atoms. The predicted octanol–water partition coefficient (Wildman–Crippen LogP) is 6.33. The van der Waals surface area contributed by atoms with Gasteiger partial charge in [0.1, 0.15) is 6.61 Å². The molecule has 1 aliphatic heterocycles. The Hall–Kier alpha value is -3.09. The van der Waals surface area contributed by atoms with Gasteiger partial charge in [-0.05, 0) is 69.8 Å². The van der Waals surface area contributed by atoms with Crippen molar-refractivity contribution < 1.29 is 19.2 Å². The molecule has 1 aliphatic rings. The molecule has 1 amide bonds. The minimum Gasteiger partial charge on any atom is -0.493 e. The summed E-state index contributed by atoms with van der Waals surface area (Å²) in [5.41, 5.74) is 1.97. The number of methoxy groups -OCH3 is 1. The number of aliphatic imine (C=N–C) groups is 1. The molecule has 0 aromatic heterocycles. The van der Waals surface area contributed by atoms with Crippen molar-refractivity contribution in [3.05, 3.63) is 95.4 Å². The highest BCUT2D eigenvalue weighted by molar-refractivity contribution is 14.1. The number of nitrogens with one attached hydrogen (secondary N) is 1. The Balaban J connectivity index is 1.54. The van der Waals surface area contributed by atoms with E-state index in [2.05, 4.69) is 32.9 Å². The van der Waals surface area contributed by atoms with E-state index in [9.17, 15) is 14.9 Å². The quantitative estimate of drug-likeness (QED) is 0.143. The molecule has 0 saturated carbocycles. The maximum atomic E-state index is 12.5. The van der Waals surface area contributed by atoms with Crippen LogP contribution < -0.4 is 14.8 Å². The normalized spacial score (nSPS) is 15.3. The number of amides is 1. The number of halogens is 2. The highest BCUT2D eigenvalue weighted by atomic mass is 127. The number of ether oxygens (including phenoxy) is 2. The first-order chi connectivity index (χ1) is 16.8. The number of nitrogens with zero attached hydrogens (tertiary/aromatic N) is 2. The van der Waals surface area contributed by atoms with Crippen LogP contribution in [0.15, 0.2) is 70.6 Å². The van der Waals surface area contributed by atoms with Crippen LogP contribution in [0.1, 0.15) is 11.1 Å². The van der Waals surface area contributed by atoms with Gasteiger partial charge in [-0.2, -0.15) is 0 Å². The van der Waals surface area contributed by atoms with Gasteiger partial charge in [0.25, 0.3) is 11.6 Å². The summed E-state index contributed by atoms with van der Waals surface area (Å²) in [5.74, 6) is 0.859. The van der Waals surface area contributed by atoms with E-state index in [4.69, 9.17) is 21.1 Å². The fourth-order valence-electron chi connectivity index (χ4n) is 3.13. The van der Waals surface area contributed by atoms with Gasteiger partial charge in [-0.3, -0.25) is 14.9 Å². The second-order valence-corrected chi connectivity index (χ2v) is 9.78. The lowest BCUT2D eigenvalue weighted by Crippen LogP contribution is -2.19. The fourth-order valence-corrected chi connectivity index (χ4v) is 4.97. The molecule has 1 N–H and O–H groups in total. The van der Waals surface area contributed by atoms with Crippen molar-refractivity contribution in [2.24, 2.45) is 4.99 Å². The summed E-state index contributed by atoms with van der Waals surface area (Å²) in [4.78, 5) is 27.6. The number of rotatable bonds is 7. The topological polar surface area (TPSA) is 103 Å². The summed E-state index contributed by atoms with van der Waals surface area (Å²) in [6.45, 7) is 0.400. The number of non-ortho nitro benzene ring substituents is 1. The summed E-state index contributed by atoms with van der Waals surface area (Å²) in [6.07, 6.45) is 1.73. The first kappa shape index (κ1) is 25.0. The van der Waals surface area contributed by atoms with E-state index < -0.39 is 4.92 Å². The number of hydrogen-bond donors (Lipinski definition) is 1. The fraction of sp³-hybridized carbons (Fsp3) is 0.0833. The third-order valence-electron chi connectivity index (χ3n) is 4.79. The van der Waals surface area contributed by atoms with E-state index in [0.717, 1.165) is 26.5 Å². The second kappa shape index (κ2) is 11.1. The van der Waals surface area contributed by atoms with Crippen LogP contribution >= 0.6 is 46.0 Å². The average molecular weight is 622 g/mol. The maximum absolute atomic E-state index is 12.5. The molecule has 0 atom stereocenters. The van der Waals surface area contributed by atoms with Gasteiger partial charge in [0.15, 0.2) is 16.7 Å². The second-order valence-electron chi connectivity index (χ2n) is 7.18. The number of benzene rings is 3. The van der Waals surface area contributed by atoms with E-state index in [1.54, 1.807) is 19.3 Å². The Morgan fingerprint density at radius 2 is 1.97 bits per heavy atom. The Morgan fingerprint density at radius 3 is 2.66 bits per heavy atom. The molecule has 0 aliphatic carbocycles. The molecule has 0 spiro atoms. The third-order valence-corrected chi connectivity index (χ3v) is 6.80. The maximum Gasteiger partial charge on any atom is 0.271 e. The molecule has 1 fully saturated rings. The van der Waals surface area contributed by atoms with E-state index in [-0.39, 0.29) is 16.6 Å². The van der Waals surface area contributed by atoms with Crippen molar-refractivity contribution in [3.63, 3.8) is 0 Å². The Kier molecular flexibility index (Phi) is 7.93. The van der Waals surface area contributed by atoms with Crippen LogP contribution in [0.3, 0.4) is 0 Å². The average Bonchev–Trinajstić information content (AvgIpc) is 3.18. The van der Waals surface area contributed by atoms with Gasteiger partial charge in [-0.1, -0.05) is 41.9 Å². The van der Waals surface area contributed by atoms with Gasteiger partial charge < -0.3 is 14.8 Å². The smallest absolute Gasteiger partial charge is 0.271 e. The van der Waals surface area contributed by atoms with Gasteiger partial charge in [0.05, 0.1) is 31.2 Å². The van der Waals surface area contributed by atoms with Crippen molar-refractivity contribution >= 4 is 74.5 Å². The zero-order valence-corrected chi connectivity index (χ0v) is 21.9. The first-order valence-corrected chi connectivity index (χ1v) is 12.4. The van der Waals surface area contributed by atoms with Gasteiger partial charge in [-0.25, -0.2) is 4.99 Å². The molecule has 8 nitrogen and oxygen atoms in total. The zero-order valence-electron chi connectivity index (χ0n) is 18.2. The largest absolute Gasteiger partial charge is 0.493 e. The van der Waals surface area contributed by atoms with Gasteiger partial charge in [0, 0.05) is 12.1 Å². The molecule has 0 unspecified atom stereocenters. The monoisotopic (exact) mass is 621 g/mol. The molecule has 3 aromatic carbocycles. The molecular formula is C24H17ClIN3O5S. The number of thioether (sulfide) groups is 1. The van der Waals surface area contributed by atoms with Crippen LogP contribution in [0.5, 0.6) is 11.5 Å². The van der Waals surface area contributed by atoms with E-state index in [1.165, 1.54) is 18.2 Å². The van der Waals surface area contributed by atoms with Crippen molar-refractivity contribution in [3.8, 4) is 11.5 Å². The molecular weight excluding hydrogens is 605 g/mol. The number of nitro groups is 1. The molecule has 0 radical (unpaired) electrons. The van der Waals surface area contributed by atoms with Crippen molar-refractivity contribution in [1.82, 2.24) is 5.32 Å². The van der Waals surface area contributed by atoms with Gasteiger partial charge in [0.2, 0.25) is 0 Å². The number of amidine groups is 1. The lowest BCUT2D eigenvalue weighted by molar-refractivity contribution is -0.384. The van der Waals surface area contributed by atoms with Crippen LogP contribution in [-0.4, -0.2) is 23.1 Å². The number of hydrogen-bond acceptors (Lipinski definition) is 7. The molecule has 178 valence electrons. The predicted molar refractivity (Wildman–Crippen MR) is 145 cm³/mol. The number of carbonyl (C=O) groups is 1. The van der Waals surface area contributed by atoms with E-state index in [1.807, 2.05) is 36.4 Å². The highest BCUT2D eigenvalue weighted by Crippen LogP contribution is 2.37. The van der Waals surface area contributed by atoms with Crippen LogP contribution in [0.2, 0.25) is 5.02 Å². The molecule has 0 bridgehead atoms. The molecule has 11 heteroatoms. The Bertz CT molecular complexity index is 1360. The SMILES string of the molecule is COc1cc(/C=C2/SC(=Nc3ccc([N+](=O)[O-])cc3Cl)NC2=O)cc(I)c1OCc1ccccc1. The van der Waals surface area contributed by atoms with Gasteiger partial charge >= 0.3 is 0 Å². The summed E-state index contributed by atoms with van der Waals surface area (Å²) in [6, 6.07) is 17.5. The van der Waals surface area contributed by atoms with Crippen LogP contribution in [-0.2, 0) is 11.4 Å². The van der Waals surface area contributed by atoms with Crippen molar-refractivity contribution in [2.75, 3.05) is 7.11 Å². The lowest BCUT2D eigenvalue weighted by Gasteiger charge is -2.14. The molecule has 1 saturated heterocycles. The Morgan fingerprint density at radius 1 is 1.20 bits per heavy atom. The van der Waals surface area contributed by atoms with E-state index >= 15 is 0 Å². The highest BCUT2D eigenvalue weighted by Gasteiger charge is 2.25. The summed E-state index contributed by atoms with van der Waals surface area (Å²) in [5, 5.41) is 14.0. The van der Waals surface area contributed by atoms with Crippen molar-refractivity contribution in [1.29, 1.82) is 0 Å². The minimum atomic E-state index is -0.538. The molecule has 1 heterocycles.